The summed E-state index contributed by atoms with van der Waals surface area (Å²) in [6.45, 7) is 5.76. The molecule has 0 amide bonds. The van der Waals surface area contributed by atoms with Crippen molar-refractivity contribution < 1.29 is 4.42 Å². The lowest BCUT2D eigenvalue weighted by Gasteiger charge is -2.13. The number of hydrogen-bond donors (Lipinski definition) is 1. The maximum absolute atomic E-state index is 5.80. The SMILES string of the molecule is CCc1ccc([C@H](C)NCc2nccn2Cc2ccccc2)o1. The minimum absolute atomic E-state index is 0.164. The van der Waals surface area contributed by atoms with Crippen LogP contribution < -0.4 is 5.32 Å². The second kappa shape index (κ2) is 7.29. The van der Waals surface area contributed by atoms with Gasteiger partial charge in [0.2, 0.25) is 0 Å². The number of furan rings is 1. The fraction of sp³-hybridized carbons (Fsp3) is 0.316. The minimum Gasteiger partial charge on any atom is -0.464 e. The van der Waals surface area contributed by atoms with Crippen LogP contribution in [0, 0.1) is 0 Å². The zero-order valence-corrected chi connectivity index (χ0v) is 13.7. The molecule has 3 aromatic rings. The number of aromatic nitrogens is 2. The molecule has 0 saturated heterocycles. The lowest BCUT2D eigenvalue weighted by Crippen LogP contribution is -2.20. The Morgan fingerprint density at radius 1 is 1.17 bits per heavy atom. The van der Waals surface area contributed by atoms with E-state index in [2.05, 4.69) is 53.0 Å². The van der Waals surface area contributed by atoms with Crippen molar-refractivity contribution in [1.29, 1.82) is 0 Å². The standard InChI is InChI=1S/C19H23N3O/c1-3-17-9-10-18(23-17)15(2)21-13-19-20-11-12-22(19)14-16-7-5-4-6-8-16/h4-12,15,21H,3,13-14H2,1-2H3/t15-/m0/s1. The first-order valence-electron chi connectivity index (χ1n) is 8.12. The predicted octanol–water partition coefficient (Wildman–Crippen LogP) is 3.94. The summed E-state index contributed by atoms with van der Waals surface area (Å²) >= 11 is 0. The molecule has 2 aromatic heterocycles. The summed E-state index contributed by atoms with van der Waals surface area (Å²) in [5.74, 6) is 3.03. The van der Waals surface area contributed by atoms with E-state index >= 15 is 0 Å². The van der Waals surface area contributed by atoms with Crippen molar-refractivity contribution >= 4 is 0 Å². The van der Waals surface area contributed by atoms with Crippen LogP contribution in [0.2, 0.25) is 0 Å². The minimum atomic E-state index is 0.164. The highest BCUT2D eigenvalue weighted by molar-refractivity contribution is 5.16. The third-order valence-electron chi connectivity index (χ3n) is 4.02. The molecule has 0 unspecified atom stereocenters. The number of rotatable bonds is 7. The first-order valence-corrected chi connectivity index (χ1v) is 8.12. The maximum atomic E-state index is 5.80. The number of nitrogens with one attached hydrogen (secondary N) is 1. The molecule has 0 spiro atoms. The van der Waals surface area contributed by atoms with Crippen molar-refractivity contribution in [3.8, 4) is 0 Å². The van der Waals surface area contributed by atoms with Crippen LogP contribution in [-0.4, -0.2) is 9.55 Å². The predicted molar refractivity (Wildman–Crippen MR) is 91.1 cm³/mol. The number of hydrogen-bond acceptors (Lipinski definition) is 3. The Hall–Kier alpha value is -2.33. The highest BCUT2D eigenvalue weighted by Crippen LogP contribution is 2.17. The molecule has 120 valence electrons. The molecule has 0 radical (unpaired) electrons. The van der Waals surface area contributed by atoms with Gasteiger partial charge in [-0.15, -0.1) is 0 Å². The van der Waals surface area contributed by atoms with Gasteiger partial charge in [0.1, 0.15) is 17.3 Å². The largest absolute Gasteiger partial charge is 0.464 e. The van der Waals surface area contributed by atoms with Gasteiger partial charge in [0.25, 0.3) is 0 Å². The van der Waals surface area contributed by atoms with Crippen LogP contribution in [0.4, 0.5) is 0 Å². The van der Waals surface area contributed by atoms with Crippen LogP contribution in [0.15, 0.2) is 59.3 Å². The second-order valence-corrected chi connectivity index (χ2v) is 5.72. The van der Waals surface area contributed by atoms with Gasteiger partial charge in [-0.2, -0.15) is 0 Å². The summed E-state index contributed by atoms with van der Waals surface area (Å²) in [6, 6.07) is 14.7. The van der Waals surface area contributed by atoms with Gasteiger partial charge in [0, 0.05) is 25.4 Å². The molecule has 4 nitrogen and oxygen atoms in total. The molecule has 0 aliphatic rings. The van der Waals surface area contributed by atoms with Gasteiger partial charge in [-0.25, -0.2) is 4.98 Å². The summed E-state index contributed by atoms with van der Waals surface area (Å²) in [6.07, 6.45) is 4.80. The molecule has 0 bridgehead atoms. The van der Waals surface area contributed by atoms with Crippen LogP contribution >= 0.6 is 0 Å². The average Bonchev–Trinajstić information content (AvgIpc) is 3.23. The monoisotopic (exact) mass is 309 g/mol. The molecule has 3 rings (SSSR count). The molecule has 0 aliphatic carbocycles. The van der Waals surface area contributed by atoms with Gasteiger partial charge in [-0.1, -0.05) is 37.3 Å². The van der Waals surface area contributed by atoms with Crippen LogP contribution in [0.25, 0.3) is 0 Å². The van der Waals surface area contributed by atoms with E-state index in [9.17, 15) is 0 Å². The molecular formula is C19H23N3O. The molecule has 2 heterocycles. The summed E-state index contributed by atoms with van der Waals surface area (Å²) in [5.41, 5.74) is 1.28. The number of nitrogens with zero attached hydrogens (tertiary/aromatic N) is 2. The molecule has 0 fully saturated rings. The van der Waals surface area contributed by atoms with Crippen LogP contribution in [0.5, 0.6) is 0 Å². The summed E-state index contributed by atoms with van der Waals surface area (Å²) in [7, 11) is 0. The van der Waals surface area contributed by atoms with Crippen molar-refractivity contribution in [2.24, 2.45) is 0 Å². The van der Waals surface area contributed by atoms with E-state index in [0.29, 0.717) is 6.54 Å². The fourth-order valence-electron chi connectivity index (χ4n) is 2.59. The van der Waals surface area contributed by atoms with Gasteiger partial charge >= 0.3 is 0 Å². The van der Waals surface area contributed by atoms with E-state index in [4.69, 9.17) is 4.42 Å². The molecule has 1 N–H and O–H groups in total. The number of aryl methyl sites for hydroxylation is 1. The molecule has 0 aliphatic heterocycles. The van der Waals surface area contributed by atoms with E-state index in [1.54, 1.807) is 0 Å². The normalized spacial score (nSPS) is 12.4. The van der Waals surface area contributed by atoms with Crippen molar-refractivity contribution in [2.45, 2.75) is 39.4 Å². The van der Waals surface area contributed by atoms with E-state index in [-0.39, 0.29) is 6.04 Å². The zero-order chi connectivity index (χ0) is 16.1. The first kappa shape index (κ1) is 15.6. The van der Waals surface area contributed by atoms with Crippen LogP contribution in [0.1, 0.15) is 42.8 Å². The van der Waals surface area contributed by atoms with Crippen LogP contribution in [-0.2, 0) is 19.5 Å². The summed E-state index contributed by atoms with van der Waals surface area (Å²) < 4.78 is 7.98. The summed E-state index contributed by atoms with van der Waals surface area (Å²) in [4.78, 5) is 4.47. The Bertz CT molecular complexity index is 730. The Labute approximate surface area is 137 Å². The van der Waals surface area contributed by atoms with Gasteiger partial charge in [0.05, 0.1) is 12.6 Å². The Morgan fingerprint density at radius 3 is 2.74 bits per heavy atom. The topological polar surface area (TPSA) is 43.0 Å². The van der Waals surface area contributed by atoms with Crippen LogP contribution in [0.3, 0.4) is 0 Å². The van der Waals surface area contributed by atoms with Crippen molar-refractivity contribution in [3.63, 3.8) is 0 Å². The molecular weight excluding hydrogens is 286 g/mol. The molecule has 1 aromatic carbocycles. The van der Waals surface area contributed by atoms with E-state index in [0.717, 1.165) is 30.3 Å². The number of benzene rings is 1. The lowest BCUT2D eigenvalue weighted by atomic mass is 10.2. The Balaban J connectivity index is 1.61. The fourth-order valence-corrected chi connectivity index (χ4v) is 2.59. The second-order valence-electron chi connectivity index (χ2n) is 5.72. The van der Waals surface area contributed by atoms with Gasteiger partial charge in [0.15, 0.2) is 0 Å². The van der Waals surface area contributed by atoms with E-state index < -0.39 is 0 Å². The molecule has 0 saturated carbocycles. The highest BCUT2D eigenvalue weighted by Gasteiger charge is 2.11. The highest BCUT2D eigenvalue weighted by atomic mass is 16.3. The van der Waals surface area contributed by atoms with Crippen molar-refractivity contribution in [1.82, 2.24) is 14.9 Å². The molecule has 23 heavy (non-hydrogen) atoms. The van der Waals surface area contributed by atoms with E-state index in [1.165, 1.54) is 5.56 Å². The molecule has 4 heteroatoms. The lowest BCUT2D eigenvalue weighted by molar-refractivity contribution is 0.404. The molecule has 1 atom stereocenters. The quantitative estimate of drug-likeness (QED) is 0.719. The van der Waals surface area contributed by atoms with Gasteiger partial charge < -0.3 is 14.3 Å². The van der Waals surface area contributed by atoms with Crippen molar-refractivity contribution in [2.75, 3.05) is 0 Å². The first-order chi connectivity index (χ1) is 11.3. The smallest absolute Gasteiger partial charge is 0.122 e. The Kier molecular flexibility index (Phi) is 4.93. The van der Waals surface area contributed by atoms with Gasteiger partial charge in [-0.05, 0) is 24.6 Å². The third-order valence-corrected chi connectivity index (χ3v) is 4.02. The van der Waals surface area contributed by atoms with Crippen molar-refractivity contribution in [3.05, 3.63) is 77.8 Å². The Morgan fingerprint density at radius 2 is 2.00 bits per heavy atom. The van der Waals surface area contributed by atoms with Gasteiger partial charge in [-0.3, -0.25) is 0 Å². The third kappa shape index (κ3) is 3.90. The number of imidazole rings is 1. The van der Waals surface area contributed by atoms with E-state index in [1.807, 2.05) is 30.6 Å². The summed E-state index contributed by atoms with van der Waals surface area (Å²) in [5, 5.41) is 3.49. The average molecular weight is 309 g/mol. The zero-order valence-electron chi connectivity index (χ0n) is 13.7. The maximum Gasteiger partial charge on any atom is 0.122 e.